The zero-order valence-corrected chi connectivity index (χ0v) is 24.8. The molecule has 0 saturated carbocycles. The monoisotopic (exact) mass is 612 g/mol. The van der Waals surface area contributed by atoms with Gasteiger partial charge < -0.3 is 24.0 Å². The first-order valence-electron chi connectivity index (χ1n) is 13.2. The number of Topliss-reactive ketones (excluding diaryl/α,β-unsaturated/α-hetero) is 1. The van der Waals surface area contributed by atoms with Crippen molar-refractivity contribution in [2.24, 2.45) is 5.41 Å². The zero-order chi connectivity index (χ0) is 30.0. The molecule has 42 heavy (non-hydrogen) atoms. The van der Waals surface area contributed by atoms with Crippen LogP contribution in [0.15, 0.2) is 52.1 Å². The molecule has 0 spiro atoms. The molecule has 0 bridgehead atoms. The highest BCUT2D eigenvalue weighted by Crippen LogP contribution is 2.29. The van der Waals surface area contributed by atoms with Crippen molar-refractivity contribution in [3.05, 3.63) is 73.6 Å². The predicted octanol–water partition coefficient (Wildman–Crippen LogP) is 4.07. The predicted molar refractivity (Wildman–Crippen MR) is 156 cm³/mol. The van der Waals surface area contributed by atoms with Gasteiger partial charge in [0.05, 0.1) is 36.3 Å². The number of rotatable bonds is 8. The van der Waals surface area contributed by atoms with Gasteiger partial charge in [0.15, 0.2) is 5.69 Å². The second-order valence-electron chi connectivity index (χ2n) is 10.7. The molecule has 1 fully saturated rings. The quantitative estimate of drug-likeness (QED) is 0.291. The molecule has 1 saturated heterocycles. The smallest absolute Gasteiger partial charge is 0.264 e. The van der Waals surface area contributed by atoms with Gasteiger partial charge in [-0.3, -0.25) is 19.2 Å². The summed E-state index contributed by atoms with van der Waals surface area (Å²) in [6.07, 6.45) is 2.69. The number of morpholine rings is 1. The molecule has 14 heteroatoms. The van der Waals surface area contributed by atoms with Crippen LogP contribution in [0.4, 0.5) is 5.82 Å². The van der Waals surface area contributed by atoms with E-state index in [0.717, 1.165) is 9.44 Å². The molecule has 1 amide bonds. The van der Waals surface area contributed by atoms with E-state index in [1.54, 1.807) is 39.0 Å². The van der Waals surface area contributed by atoms with Crippen molar-refractivity contribution >= 4 is 46.4 Å². The minimum atomic E-state index is -0.775. The second kappa shape index (κ2) is 12.0. The number of hydrogen-bond acceptors (Lipinski definition) is 10. The standard InChI is InChI=1S/C28H29ClN6O6S/c1-28(2,3)27(39)35-23(30-15-17-4-5-22(29)42-17)14-20(31-35)18-6-8-34(16-21(36)19-7-11-41-32-19)26(38)24(18)25(37)33-9-12-40-13-10-33/h4-8,11,14,30H,9-10,12-13,15-16H2,1-3H3. The molecule has 0 radical (unpaired) electrons. The molecule has 1 aliphatic rings. The Balaban J connectivity index is 1.59. The summed E-state index contributed by atoms with van der Waals surface area (Å²) in [5.41, 5.74) is -1.04. The van der Waals surface area contributed by atoms with Crippen molar-refractivity contribution < 1.29 is 23.6 Å². The molecule has 0 aromatic carbocycles. The number of thiophene rings is 1. The topological polar surface area (TPSA) is 142 Å². The first-order valence-corrected chi connectivity index (χ1v) is 14.4. The maximum atomic E-state index is 13.8. The van der Waals surface area contributed by atoms with Crippen LogP contribution in [0.2, 0.25) is 4.34 Å². The highest BCUT2D eigenvalue weighted by molar-refractivity contribution is 7.16. The van der Waals surface area contributed by atoms with Gasteiger partial charge in [-0.15, -0.1) is 11.3 Å². The number of nitrogens with zero attached hydrogens (tertiary/aromatic N) is 5. The summed E-state index contributed by atoms with van der Waals surface area (Å²) < 4.78 is 13.2. The molecule has 4 aromatic rings. The highest BCUT2D eigenvalue weighted by Gasteiger charge is 2.30. The van der Waals surface area contributed by atoms with Gasteiger partial charge in [-0.1, -0.05) is 37.5 Å². The second-order valence-corrected chi connectivity index (χ2v) is 12.5. The summed E-state index contributed by atoms with van der Waals surface area (Å²) in [4.78, 5) is 56.2. The van der Waals surface area contributed by atoms with Gasteiger partial charge in [0, 0.05) is 47.3 Å². The van der Waals surface area contributed by atoms with E-state index in [-0.39, 0.29) is 35.0 Å². The van der Waals surface area contributed by atoms with Crippen molar-refractivity contribution in [3.8, 4) is 11.3 Å². The molecule has 1 aliphatic heterocycles. The zero-order valence-electron chi connectivity index (χ0n) is 23.3. The van der Waals surface area contributed by atoms with E-state index in [9.17, 15) is 19.2 Å². The number of anilines is 1. The largest absolute Gasteiger partial charge is 0.378 e. The summed E-state index contributed by atoms with van der Waals surface area (Å²) in [5, 5.41) is 11.5. The van der Waals surface area contributed by atoms with Crippen LogP contribution in [0.25, 0.3) is 11.3 Å². The van der Waals surface area contributed by atoms with E-state index in [4.69, 9.17) is 20.9 Å². The highest BCUT2D eigenvalue weighted by atomic mass is 35.5. The minimum absolute atomic E-state index is 0.0641. The summed E-state index contributed by atoms with van der Waals surface area (Å²) in [7, 11) is 0. The Morgan fingerprint density at radius 2 is 1.88 bits per heavy atom. The number of amides is 1. The Morgan fingerprint density at radius 1 is 1.12 bits per heavy atom. The van der Waals surface area contributed by atoms with Crippen LogP contribution in [0, 0.1) is 5.41 Å². The molecule has 0 atom stereocenters. The SMILES string of the molecule is CC(C)(C)C(=O)n1nc(-c2ccn(CC(=O)c3ccon3)c(=O)c2C(=O)N2CCOCC2)cc1NCc1ccc(Cl)s1. The number of carbonyl (C=O) groups is 3. The Bertz CT molecular complexity index is 1680. The summed E-state index contributed by atoms with van der Waals surface area (Å²) in [6, 6.07) is 8.26. The van der Waals surface area contributed by atoms with E-state index in [1.807, 2.05) is 6.07 Å². The minimum Gasteiger partial charge on any atom is -0.378 e. The average molecular weight is 613 g/mol. The number of carbonyl (C=O) groups excluding carboxylic acids is 3. The molecule has 220 valence electrons. The molecule has 5 rings (SSSR count). The van der Waals surface area contributed by atoms with Gasteiger partial charge >= 0.3 is 0 Å². The van der Waals surface area contributed by atoms with Crippen LogP contribution in [-0.4, -0.2) is 68.3 Å². The fourth-order valence-electron chi connectivity index (χ4n) is 4.37. The van der Waals surface area contributed by atoms with Crippen LogP contribution in [0.5, 0.6) is 0 Å². The Morgan fingerprint density at radius 3 is 2.52 bits per heavy atom. The maximum absolute atomic E-state index is 13.8. The van der Waals surface area contributed by atoms with E-state index in [1.165, 1.54) is 39.4 Å². The van der Waals surface area contributed by atoms with Crippen molar-refractivity contribution in [1.82, 2.24) is 24.4 Å². The number of nitrogens with one attached hydrogen (secondary N) is 1. The van der Waals surface area contributed by atoms with Gasteiger partial charge in [0.1, 0.15) is 17.6 Å². The molecule has 0 unspecified atom stereocenters. The van der Waals surface area contributed by atoms with E-state index in [0.29, 0.717) is 43.0 Å². The number of ketones is 1. The van der Waals surface area contributed by atoms with E-state index >= 15 is 0 Å². The van der Waals surface area contributed by atoms with Crippen LogP contribution in [0.3, 0.4) is 0 Å². The van der Waals surface area contributed by atoms with Crippen LogP contribution < -0.4 is 10.9 Å². The molecule has 1 N–H and O–H groups in total. The first-order chi connectivity index (χ1) is 20.0. The fraction of sp³-hybridized carbons (Fsp3) is 0.357. The Labute approximate surface area is 249 Å². The molecular weight excluding hydrogens is 584 g/mol. The molecular formula is C28H29ClN6O6S. The lowest BCUT2D eigenvalue weighted by Crippen LogP contribution is -2.43. The molecule has 4 aromatic heterocycles. The van der Waals surface area contributed by atoms with Gasteiger partial charge in [0.25, 0.3) is 17.4 Å². The lowest BCUT2D eigenvalue weighted by Gasteiger charge is -2.27. The van der Waals surface area contributed by atoms with Gasteiger partial charge in [-0.05, 0) is 18.2 Å². The van der Waals surface area contributed by atoms with Crippen molar-refractivity contribution in [3.63, 3.8) is 0 Å². The normalized spacial score (nSPS) is 13.8. The van der Waals surface area contributed by atoms with Crippen LogP contribution in [-0.2, 0) is 17.8 Å². The Kier molecular flexibility index (Phi) is 8.43. The van der Waals surface area contributed by atoms with Crippen molar-refractivity contribution in [2.75, 3.05) is 31.6 Å². The Hall–Kier alpha value is -4.07. The molecule has 0 aliphatic carbocycles. The molecule has 12 nitrogen and oxygen atoms in total. The van der Waals surface area contributed by atoms with Gasteiger partial charge in [0.2, 0.25) is 5.78 Å². The lowest BCUT2D eigenvalue weighted by molar-refractivity contribution is 0.0301. The lowest BCUT2D eigenvalue weighted by atomic mass is 9.96. The number of ether oxygens (including phenoxy) is 1. The van der Waals surface area contributed by atoms with Crippen molar-refractivity contribution in [1.29, 1.82) is 0 Å². The summed E-state index contributed by atoms with van der Waals surface area (Å²) >= 11 is 7.49. The van der Waals surface area contributed by atoms with Crippen LogP contribution >= 0.6 is 22.9 Å². The third kappa shape index (κ3) is 6.22. The third-order valence-electron chi connectivity index (χ3n) is 6.61. The van der Waals surface area contributed by atoms with Gasteiger partial charge in [-0.25, -0.2) is 0 Å². The summed E-state index contributed by atoms with van der Waals surface area (Å²) in [6.45, 7) is 6.65. The average Bonchev–Trinajstić information content (AvgIpc) is 3.73. The van der Waals surface area contributed by atoms with Crippen molar-refractivity contribution in [2.45, 2.75) is 33.9 Å². The number of aromatic nitrogens is 4. The van der Waals surface area contributed by atoms with Crippen LogP contribution in [0.1, 0.15) is 51.3 Å². The van der Waals surface area contributed by atoms with Gasteiger partial charge in [-0.2, -0.15) is 9.78 Å². The van der Waals surface area contributed by atoms with E-state index in [2.05, 4.69) is 15.6 Å². The number of hydrogen-bond donors (Lipinski definition) is 1. The number of halogens is 1. The third-order valence-corrected chi connectivity index (χ3v) is 7.84. The molecule has 5 heterocycles. The number of pyridine rings is 1. The maximum Gasteiger partial charge on any atom is 0.264 e. The summed E-state index contributed by atoms with van der Waals surface area (Å²) in [5.74, 6) is -0.859. The fourth-order valence-corrected chi connectivity index (χ4v) is 5.40. The first kappa shape index (κ1) is 29.4. The van der Waals surface area contributed by atoms with E-state index < -0.39 is 22.7 Å².